The third-order valence-corrected chi connectivity index (χ3v) is 5.30. The van der Waals surface area contributed by atoms with Crippen molar-refractivity contribution in [2.45, 2.75) is 18.9 Å². The zero-order valence-electron chi connectivity index (χ0n) is 15.0. The van der Waals surface area contributed by atoms with Crippen molar-refractivity contribution in [3.05, 3.63) is 59.9 Å². The van der Waals surface area contributed by atoms with Gasteiger partial charge in [0.05, 0.1) is 5.69 Å². The van der Waals surface area contributed by atoms with Crippen molar-refractivity contribution in [3.63, 3.8) is 0 Å². The number of hydrogen-bond donors (Lipinski definition) is 2. The highest BCUT2D eigenvalue weighted by Gasteiger charge is 2.43. The molecule has 3 rings (SSSR count). The fourth-order valence-corrected chi connectivity index (χ4v) is 3.91. The van der Waals surface area contributed by atoms with Crippen molar-refractivity contribution in [1.82, 2.24) is 4.90 Å². The predicted molar refractivity (Wildman–Crippen MR) is 102 cm³/mol. The third kappa shape index (κ3) is 3.12. The molecular formula is C20H25FN4O. The van der Waals surface area contributed by atoms with Gasteiger partial charge in [-0.05, 0) is 30.2 Å². The van der Waals surface area contributed by atoms with Crippen molar-refractivity contribution in [1.29, 1.82) is 0 Å². The van der Waals surface area contributed by atoms with E-state index in [2.05, 4.69) is 4.90 Å². The van der Waals surface area contributed by atoms with E-state index in [0.717, 1.165) is 5.56 Å². The van der Waals surface area contributed by atoms with Crippen LogP contribution in [0.25, 0.3) is 0 Å². The number of nitrogen functional groups attached to an aromatic ring is 1. The Balaban J connectivity index is 1.83. The van der Waals surface area contributed by atoms with Crippen LogP contribution in [0.2, 0.25) is 0 Å². The van der Waals surface area contributed by atoms with Crippen LogP contribution in [0.5, 0.6) is 0 Å². The van der Waals surface area contributed by atoms with Gasteiger partial charge in [0.15, 0.2) is 0 Å². The summed E-state index contributed by atoms with van der Waals surface area (Å²) in [7, 11) is 0. The highest BCUT2D eigenvalue weighted by atomic mass is 19.1. The minimum absolute atomic E-state index is 0.321. The minimum Gasteiger partial charge on any atom is -0.399 e. The molecule has 0 radical (unpaired) electrons. The molecule has 2 aromatic carbocycles. The Labute approximate surface area is 153 Å². The Hall–Kier alpha value is -2.60. The van der Waals surface area contributed by atoms with Crippen LogP contribution in [0.3, 0.4) is 0 Å². The van der Waals surface area contributed by atoms with E-state index in [0.29, 0.717) is 44.0 Å². The molecule has 1 amide bonds. The molecule has 0 bridgehead atoms. The lowest BCUT2D eigenvalue weighted by molar-refractivity contribution is -0.131. The second-order valence-corrected chi connectivity index (χ2v) is 6.63. The molecule has 1 heterocycles. The van der Waals surface area contributed by atoms with E-state index in [1.54, 1.807) is 12.1 Å². The van der Waals surface area contributed by atoms with Gasteiger partial charge in [0.25, 0.3) is 0 Å². The fraction of sp³-hybridized carbons (Fsp3) is 0.350. The maximum Gasteiger partial charge on any atom is 0.242 e. The van der Waals surface area contributed by atoms with E-state index in [4.69, 9.17) is 11.5 Å². The molecule has 5 nitrogen and oxygen atoms in total. The van der Waals surface area contributed by atoms with Crippen LogP contribution in [0.15, 0.2) is 48.5 Å². The van der Waals surface area contributed by atoms with Crippen LogP contribution in [-0.2, 0) is 10.3 Å². The third-order valence-electron chi connectivity index (χ3n) is 5.30. The Kier molecular flexibility index (Phi) is 5.13. The number of primary amides is 1. The van der Waals surface area contributed by atoms with Gasteiger partial charge in [0.2, 0.25) is 5.91 Å². The molecule has 1 unspecified atom stereocenters. The molecular weight excluding hydrogens is 331 g/mol. The Morgan fingerprint density at radius 3 is 2.31 bits per heavy atom. The summed E-state index contributed by atoms with van der Waals surface area (Å²) in [5, 5.41) is 0. The fourth-order valence-electron chi connectivity index (χ4n) is 3.91. The van der Waals surface area contributed by atoms with Crippen LogP contribution >= 0.6 is 0 Å². The normalized spacial score (nSPS) is 17.7. The summed E-state index contributed by atoms with van der Waals surface area (Å²) in [6, 6.07) is 14.4. The van der Waals surface area contributed by atoms with Crippen LogP contribution < -0.4 is 16.4 Å². The van der Waals surface area contributed by atoms with Crippen LogP contribution in [-0.4, -0.2) is 37.0 Å². The molecule has 1 fully saturated rings. The highest BCUT2D eigenvalue weighted by Crippen LogP contribution is 2.34. The number of nitrogens with zero attached hydrogens (tertiary/aromatic N) is 2. The molecule has 26 heavy (non-hydrogen) atoms. The number of benzene rings is 2. The molecule has 0 spiro atoms. The standard InChI is InChI=1S/C20H25FN4O/c1-2-20(19(23)26,15-6-4-3-5-7-15)25-12-10-24(11-13-25)18-9-8-16(22)14-17(18)21/h3-9,14H,2,10-13,22H2,1H3,(H2,23,26). The molecule has 138 valence electrons. The topological polar surface area (TPSA) is 75.6 Å². The van der Waals surface area contributed by atoms with E-state index in [1.165, 1.54) is 6.07 Å². The number of carbonyl (C=O) groups excluding carboxylic acids is 1. The van der Waals surface area contributed by atoms with E-state index < -0.39 is 5.54 Å². The largest absolute Gasteiger partial charge is 0.399 e. The number of nitrogens with two attached hydrogens (primary N) is 2. The lowest BCUT2D eigenvalue weighted by Crippen LogP contribution is -2.60. The van der Waals surface area contributed by atoms with Gasteiger partial charge >= 0.3 is 0 Å². The average molecular weight is 356 g/mol. The Morgan fingerprint density at radius 2 is 1.77 bits per heavy atom. The van der Waals surface area contributed by atoms with Crippen LogP contribution in [0.1, 0.15) is 18.9 Å². The molecule has 1 atom stereocenters. The predicted octanol–water partition coefficient (Wildman–Crippen LogP) is 2.32. The van der Waals surface area contributed by atoms with Gasteiger partial charge in [0.1, 0.15) is 11.4 Å². The van der Waals surface area contributed by atoms with Gasteiger partial charge in [-0.15, -0.1) is 0 Å². The van der Waals surface area contributed by atoms with E-state index in [9.17, 15) is 9.18 Å². The molecule has 0 aromatic heterocycles. The smallest absolute Gasteiger partial charge is 0.242 e. The maximum absolute atomic E-state index is 14.2. The Morgan fingerprint density at radius 1 is 1.12 bits per heavy atom. The van der Waals surface area contributed by atoms with Crippen molar-refractivity contribution in [2.75, 3.05) is 36.8 Å². The van der Waals surface area contributed by atoms with Crippen LogP contribution in [0.4, 0.5) is 15.8 Å². The number of amides is 1. The molecule has 1 aliphatic rings. The summed E-state index contributed by atoms with van der Waals surface area (Å²) in [6.07, 6.45) is 0.586. The molecule has 2 aromatic rings. The van der Waals surface area contributed by atoms with Crippen molar-refractivity contribution in [2.24, 2.45) is 5.73 Å². The second-order valence-electron chi connectivity index (χ2n) is 6.63. The monoisotopic (exact) mass is 356 g/mol. The second kappa shape index (κ2) is 7.33. The Bertz CT molecular complexity index is 775. The van der Waals surface area contributed by atoms with Gasteiger partial charge in [-0.2, -0.15) is 0 Å². The minimum atomic E-state index is -0.840. The van der Waals surface area contributed by atoms with Crippen molar-refractivity contribution < 1.29 is 9.18 Å². The quantitative estimate of drug-likeness (QED) is 0.806. The maximum atomic E-state index is 14.2. The van der Waals surface area contributed by atoms with E-state index in [-0.39, 0.29) is 11.7 Å². The van der Waals surface area contributed by atoms with Crippen LogP contribution in [0, 0.1) is 5.82 Å². The van der Waals surface area contributed by atoms with Gasteiger partial charge < -0.3 is 16.4 Å². The lowest BCUT2D eigenvalue weighted by Gasteiger charge is -2.46. The zero-order valence-corrected chi connectivity index (χ0v) is 15.0. The summed E-state index contributed by atoms with van der Waals surface area (Å²) in [5.74, 6) is -0.670. The first kappa shape index (κ1) is 18.2. The average Bonchev–Trinajstić information content (AvgIpc) is 2.64. The van der Waals surface area contributed by atoms with Gasteiger partial charge in [-0.1, -0.05) is 37.3 Å². The van der Waals surface area contributed by atoms with Gasteiger partial charge in [-0.3, -0.25) is 9.69 Å². The summed E-state index contributed by atoms with van der Waals surface area (Å²) in [4.78, 5) is 16.6. The number of anilines is 2. The van der Waals surface area contributed by atoms with Gasteiger partial charge in [0, 0.05) is 31.9 Å². The first-order valence-corrected chi connectivity index (χ1v) is 8.89. The molecule has 1 saturated heterocycles. The van der Waals surface area contributed by atoms with Crippen molar-refractivity contribution >= 4 is 17.3 Å². The zero-order chi connectivity index (χ0) is 18.7. The summed E-state index contributed by atoms with van der Waals surface area (Å²) < 4.78 is 14.2. The lowest BCUT2D eigenvalue weighted by atomic mass is 9.84. The number of hydrogen-bond acceptors (Lipinski definition) is 4. The van der Waals surface area contributed by atoms with Crippen molar-refractivity contribution in [3.8, 4) is 0 Å². The first-order chi connectivity index (χ1) is 12.5. The number of rotatable bonds is 5. The number of carbonyl (C=O) groups is 1. The molecule has 0 aliphatic carbocycles. The molecule has 4 N–H and O–H groups in total. The molecule has 6 heteroatoms. The number of piperazine rings is 1. The summed E-state index contributed by atoms with van der Waals surface area (Å²) in [5.41, 5.74) is 12.5. The summed E-state index contributed by atoms with van der Waals surface area (Å²) in [6.45, 7) is 4.44. The van der Waals surface area contributed by atoms with E-state index in [1.807, 2.05) is 42.2 Å². The van der Waals surface area contributed by atoms with E-state index >= 15 is 0 Å². The first-order valence-electron chi connectivity index (χ1n) is 8.89. The number of halogens is 1. The molecule has 1 aliphatic heterocycles. The van der Waals surface area contributed by atoms with Gasteiger partial charge in [-0.25, -0.2) is 4.39 Å². The SMILES string of the molecule is CCC(C(N)=O)(c1ccccc1)N1CCN(c2ccc(N)cc2F)CC1. The summed E-state index contributed by atoms with van der Waals surface area (Å²) >= 11 is 0. The molecule has 0 saturated carbocycles. The highest BCUT2D eigenvalue weighted by molar-refractivity contribution is 5.86.